The van der Waals surface area contributed by atoms with Crippen LogP contribution in [0.15, 0.2) is 200 Å². The van der Waals surface area contributed by atoms with Crippen molar-refractivity contribution in [1.29, 1.82) is 0 Å². The number of hydrogen-bond acceptors (Lipinski definition) is 4. The van der Waals surface area contributed by atoms with Gasteiger partial charge in [0.2, 0.25) is 5.95 Å². The van der Waals surface area contributed by atoms with Gasteiger partial charge < -0.3 is 15.0 Å². The Morgan fingerprint density at radius 1 is 0.441 bits per heavy atom. The summed E-state index contributed by atoms with van der Waals surface area (Å²) in [6.07, 6.45) is 0. The minimum Gasteiger partial charge on any atom is -0.486 e. The van der Waals surface area contributed by atoms with Crippen LogP contribution in [-0.4, -0.2) is 19.1 Å². The summed E-state index contributed by atoms with van der Waals surface area (Å²) in [4.78, 5) is 10.8. The van der Waals surface area contributed by atoms with Crippen molar-refractivity contribution in [2.24, 2.45) is 0 Å². The number of ether oxygens (including phenoxy) is 1. The summed E-state index contributed by atoms with van der Waals surface area (Å²) < 4.78 is 11.3. The normalized spacial score (nSPS) is 11.5. The Hall–Kier alpha value is -7.96. The second-order valence-electron chi connectivity index (χ2n) is 14.8. The number of nitrogens with two attached hydrogens (primary N) is 1. The van der Waals surface area contributed by atoms with Crippen LogP contribution >= 0.6 is 0 Å². The highest BCUT2D eigenvalue weighted by atomic mass is 16.5. The average Bonchev–Trinajstić information content (AvgIpc) is 3.83. The van der Waals surface area contributed by atoms with Crippen LogP contribution in [0.5, 0.6) is 5.75 Å². The molecule has 2 N–H and O–H groups in total. The average molecular weight is 760 g/mol. The highest BCUT2D eigenvalue weighted by Crippen LogP contribution is 2.44. The third-order valence-electron chi connectivity index (χ3n) is 11.2. The Bertz CT molecular complexity index is 3260. The molecule has 11 rings (SSSR count). The van der Waals surface area contributed by atoms with Crippen LogP contribution in [0.3, 0.4) is 0 Å². The molecule has 0 aliphatic carbocycles. The number of benzene rings is 8. The molecule has 3 aromatic heterocycles. The lowest BCUT2D eigenvalue weighted by molar-refractivity contribution is 0.312. The molecule has 0 saturated heterocycles. The van der Waals surface area contributed by atoms with E-state index >= 15 is 0 Å². The maximum atomic E-state index is 6.85. The van der Waals surface area contributed by atoms with E-state index in [0.29, 0.717) is 24.0 Å². The molecule has 0 atom stereocenters. The first-order chi connectivity index (χ1) is 29.2. The number of aromatic nitrogens is 4. The van der Waals surface area contributed by atoms with E-state index in [4.69, 9.17) is 20.4 Å². The third-order valence-corrected chi connectivity index (χ3v) is 11.2. The lowest BCUT2D eigenvalue weighted by Gasteiger charge is -2.15. The molecule has 6 heteroatoms. The molecular weight excluding hydrogens is 723 g/mol. The van der Waals surface area contributed by atoms with Gasteiger partial charge in [0.25, 0.3) is 0 Å². The van der Waals surface area contributed by atoms with E-state index in [0.717, 1.165) is 72.2 Å². The summed E-state index contributed by atoms with van der Waals surface area (Å²) >= 11 is 0. The Morgan fingerprint density at radius 3 is 1.63 bits per heavy atom. The van der Waals surface area contributed by atoms with E-state index < -0.39 is 0 Å². The number of fused-ring (bicyclic) bond motifs is 6. The summed E-state index contributed by atoms with van der Waals surface area (Å²) in [6.45, 7) is 0.368. The van der Waals surface area contributed by atoms with E-state index in [1.54, 1.807) is 0 Å². The Labute approximate surface area is 341 Å². The predicted molar refractivity (Wildman–Crippen MR) is 242 cm³/mol. The number of rotatable bonds is 8. The maximum Gasteiger partial charge on any atom is 0.235 e. The van der Waals surface area contributed by atoms with Gasteiger partial charge in [0, 0.05) is 27.3 Å². The van der Waals surface area contributed by atoms with Crippen molar-refractivity contribution in [2.45, 2.75) is 6.61 Å². The molecule has 0 saturated carbocycles. The van der Waals surface area contributed by atoms with Crippen LogP contribution in [0.25, 0.3) is 88.9 Å². The largest absolute Gasteiger partial charge is 0.486 e. The fourth-order valence-corrected chi connectivity index (χ4v) is 8.48. The molecular formula is C53H37N5O. The van der Waals surface area contributed by atoms with E-state index in [1.165, 1.54) is 16.3 Å². The number of hydrogen-bond donors (Lipinski definition) is 1. The van der Waals surface area contributed by atoms with Crippen molar-refractivity contribution < 1.29 is 4.74 Å². The Balaban J connectivity index is 1.22. The van der Waals surface area contributed by atoms with E-state index in [1.807, 2.05) is 48.5 Å². The lowest BCUT2D eigenvalue weighted by Crippen LogP contribution is -2.06. The fraction of sp³-hybridized carbons (Fsp3) is 0.0189. The first-order valence-corrected chi connectivity index (χ1v) is 19.8. The molecule has 3 heterocycles. The summed E-state index contributed by atoms with van der Waals surface area (Å²) in [6, 6.07) is 69.3. The monoisotopic (exact) mass is 759 g/mol. The molecule has 0 spiro atoms. The number of nitrogens with zero attached hydrogens (tertiary/aromatic N) is 4. The number of anilines is 1. The van der Waals surface area contributed by atoms with Crippen LogP contribution < -0.4 is 10.5 Å². The maximum absolute atomic E-state index is 6.85. The van der Waals surface area contributed by atoms with Crippen molar-refractivity contribution in [1.82, 2.24) is 19.1 Å². The minimum absolute atomic E-state index is 0.368. The summed E-state index contributed by atoms with van der Waals surface area (Å²) in [5.74, 6) is 1.17. The van der Waals surface area contributed by atoms with Crippen LogP contribution in [0, 0.1) is 0 Å². The molecule has 0 aliphatic heterocycles. The number of nitrogen functional groups attached to an aromatic ring is 1. The second-order valence-corrected chi connectivity index (χ2v) is 14.8. The van der Waals surface area contributed by atoms with Gasteiger partial charge in [-0.25, -0.2) is 9.97 Å². The molecule has 0 radical (unpaired) electrons. The summed E-state index contributed by atoms with van der Waals surface area (Å²) in [7, 11) is 0. The molecule has 0 aliphatic rings. The molecule has 8 aromatic carbocycles. The highest BCUT2D eigenvalue weighted by Gasteiger charge is 2.25. The topological polar surface area (TPSA) is 70.9 Å². The van der Waals surface area contributed by atoms with Gasteiger partial charge in [0.15, 0.2) is 5.75 Å². The van der Waals surface area contributed by atoms with Crippen molar-refractivity contribution >= 4 is 49.3 Å². The SMILES string of the molecule is Nc1ccc2c(c1OCc1ccccc1)c1cccc(-n3c4ccccc4c4ccccc43)c1n2-c1nc(-c2ccccc2)cc(-c2ccc(-c3ccccc3)cc2)n1. The summed E-state index contributed by atoms with van der Waals surface area (Å²) in [5, 5.41) is 4.25. The van der Waals surface area contributed by atoms with Gasteiger partial charge in [-0.05, 0) is 53.1 Å². The third kappa shape index (κ3) is 5.89. The van der Waals surface area contributed by atoms with Gasteiger partial charge in [-0.15, -0.1) is 0 Å². The highest BCUT2D eigenvalue weighted by molar-refractivity contribution is 6.17. The van der Waals surface area contributed by atoms with Gasteiger partial charge in [0.1, 0.15) is 6.61 Å². The zero-order chi connectivity index (χ0) is 39.3. The van der Waals surface area contributed by atoms with Crippen molar-refractivity contribution in [3.05, 3.63) is 206 Å². The van der Waals surface area contributed by atoms with Crippen LogP contribution in [0.2, 0.25) is 0 Å². The molecule has 0 unspecified atom stereocenters. The minimum atomic E-state index is 0.368. The summed E-state index contributed by atoms with van der Waals surface area (Å²) in [5.41, 5.74) is 19.4. The number of para-hydroxylation sites is 3. The van der Waals surface area contributed by atoms with Crippen molar-refractivity contribution in [3.63, 3.8) is 0 Å². The molecule has 0 amide bonds. The van der Waals surface area contributed by atoms with Crippen molar-refractivity contribution in [2.75, 3.05) is 5.73 Å². The van der Waals surface area contributed by atoms with Crippen LogP contribution in [0.4, 0.5) is 5.69 Å². The van der Waals surface area contributed by atoms with E-state index in [2.05, 4.69) is 161 Å². The van der Waals surface area contributed by atoms with Gasteiger partial charge in [-0.1, -0.05) is 164 Å². The lowest BCUT2D eigenvalue weighted by atomic mass is 10.0. The van der Waals surface area contributed by atoms with E-state index in [-0.39, 0.29) is 0 Å². The Kier molecular flexibility index (Phi) is 8.26. The standard InChI is InChI=1S/C53H37N5O/c54-43-31-32-48-50(52(43)59-34-35-15-4-1-5-16-35)42-23-14-26-49(57-46-24-12-10-21-40(46)41-22-11-13-25-47(41)57)51(42)58(48)53-55-44(38-19-8-3-9-20-38)33-45(56-53)39-29-27-37(28-30-39)36-17-6-2-7-18-36/h1-33H,34,54H2. The van der Waals surface area contributed by atoms with Gasteiger partial charge in [0.05, 0.1) is 50.2 Å². The Morgan fingerprint density at radius 2 is 0.966 bits per heavy atom. The molecule has 0 fully saturated rings. The molecule has 6 nitrogen and oxygen atoms in total. The second kappa shape index (κ2) is 14.2. The zero-order valence-corrected chi connectivity index (χ0v) is 32.0. The fourth-order valence-electron chi connectivity index (χ4n) is 8.48. The molecule has 0 bridgehead atoms. The van der Waals surface area contributed by atoms with Gasteiger partial charge >= 0.3 is 0 Å². The zero-order valence-electron chi connectivity index (χ0n) is 32.0. The van der Waals surface area contributed by atoms with E-state index in [9.17, 15) is 0 Å². The first-order valence-electron chi connectivity index (χ1n) is 19.8. The molecule has 59 heavy (non-hydrogen) atoms. The molecule has 280 valence electrons. The first kappa shape index (κ1) is 34.3. The van der Waals surface area contributed by atoms with Gasteiger partial charge in [-0.3, -0.25) is 4.57 Å². The molecule has 11 aromatic rings. The quantitative estimate of drug-likeness (QED) is 0.157. The van der Waals surface area contributed by atoms with Crippen LogP contribution in [-0.2, 0) is 6.61 Å². The predicted octanol–water partition coefficient (Wildman–Crippen LogP) is 12.8. The smallest absolute Gasteiger partial charge is 0.235 e. The van der Waals surface area contributed by atoms with Crippen molar-refractivity contribution in [3.8, 4) is 51.0 Å². The van der Waals surface area contributed by atoms with Crippen LogP contribution in [0.1, 0.15) is 5.56 Å². The van der Waals surface area contributed by atoms with Gasteiger partial charge in [-0.2, -0.15) is 0 Å².